The van der Waals surface area contributed by atoms with E-state index in [1.165, 1.54) is 0 Å². The SMILES string of the molecule is CC1=C(\C=C/C(C)=C/C=C/C(C)=C\C=C\C=C(C)\C=C\C=C(C)\C=C\C2=C(C)C(=O)[C@@H](O)CC2(C)C)C(C)(C)C[C@H](O)C1=O. The summed E-state index contributed by atoms with van der Waals surface area (Å²) >= 11 is 0. The van der Waals surface area contributed by atoms with E-state index in [1.54, 1.807) is 13.8 Å². The summed E-state index contributed by atoms with van der Waals surface area (Å²) in [6.07, 6.45) is 27.5. The van der Waals surface area contributed by atoms with Gasteiger partial charge in [-0.1, -0.05) is 135 Å². The molecular weight excluding hydrogens is 544 g/mol. The minimum Gasteiger partial charge on any atom is -0.385 e. The molecule has 2 rings (SSSR count). The fourth-order valence-electron chi connectivity index (χ4n) is 5.62. The highest BCUT2D eigenvalue weighted by molar-refractivity contribution is 6.01. The largest absolute Gasteiger partial charge is 0.385 e. The molecular formula is C40H52O4. The zero-order valence-corrected chi connectivity index (χ0v) is 28.4. The lowest BCUT2D eigenvalue weighted by Crippen LogP contribution is -2.35. The number of Topliss-reactive ketones (excluding diaryl/α,β-unsaturated/α-hetero) is 2. The zero-order chi connectivity index (χ0) is 33.2. The molecule has 0 radical (unpaired) electrons. The first-order valence-corrected chi connectivity index (χ1v) is 15.4. The summed E-state index contributed by atoms with van der Waals surface area (Å²) in [7, 11) is 0. The molecule has 0 aromatic rings. The number of carbonyl (C=O) groups is 2. The van der Waals surface area contributed by atoms with Crippen molar-refractivity contribution in [2.24, 2.45) is 10.8 Å². The van der Waals surface area contributed by atoms with Gasteiger partial charge in [0.1, 0.15) is 12.2 Å². The zero-order valence-electron chi connectivity index (χ0n) is 28.4. The molecule has 2 atom stereocenters. The summed E-state index contributed by atoms with van der Waals surface area (Å²) in [5.41, 5.74) is 7.16. The Bertz CT molecular complexity index is 1340. The van der Waals surface area contributed by atoms with Crippen LogP contribution in [0.2, 0.25) is 0 Å². The Balaban J connectivity index is 1.95. The van der Waals surface area contributed by atoms with Crippen LogP contribution >= 0.6 is 0 Å². The van der Waals surface area contributed by atoms with Gasteiger partial charge in [-0.3, -0.25) is 9.59 Å². The van der Waals surface area contributed by atoms with Crippen molar-refractivity contribution in [2.45, 2.75) is 94.3 Å². The number of rotatable bonds is 10. The van der Waals surface area contributed by atoms with Crippen LogP contribution in [0.5, 0.6) is 0 Å². The lowest BCUT2D eigenvalue weighted by Gasteiger charge is -2.34. The first kappa shape index (κ1) is 36.6. The molecule has 0 fully saturated rings. The topological polar surface area (TPSA) is 74.6 Å². The average molecular weight is 597 g/mol. The van der Waals surface area contributed by atoms with Gasteiger partial charge >= 0.3 is 0 Å². The number of hydrogen-bond donors (Lipinski definition) is 2. The third-order valence-corrected chi connectivity index (χ3v) is 8.31. The molecule has 2 N–H and O–H groups in total. The maximum absolute atomic E-state index is 12.2. The minimum atomic E-state index is -0.907. The molecule has 0 saturated heterocycles. The summed E-state index contributed by atoms with van der Waals surface area (Å²) in [4.78, 5) is 24.5. The van der Waals surface area contributed by atoms with Crippen molar-refractivity contribution < 1.29 is 19.8 Å². The monoisotopic (exact) mass is 596 g/mol. The van der Waals surface area contributed by atoms with E-state index in [4.69, 9.17) is 0 Å². The van der Waals surface area contributed by atoms with Crippen LogP contribution < -0.4 is 0 Å². The lowest BCUT2D eigenvalue weighted by molar-refractivity contribution is -0.126. The van der Waals surface area contributed by atoms with Crippen LogP contribution in [-0.4, -0.2) is 34.0 Å². The fraction of sp³-hybridized carbons (Fsp3) is 0.400. The first-order valence-electron chi connectivity index (χ1n) is 15.4. The van der Waals surface area contributed by atoms with Gasteiger partial charge in [-0.05, 0) is 87.5 Å². The van der Waals surface area contributed by atoms with Gasteiger partial charge < -0.3 is 10.2 Å². The maximum atomic E-state index is 12.2. The van der Waals surface area contributed by atoms with Crippen LogP contribution in [0.1, 0.15) is 82.1 Å². The molecule has 0 amide bonds. The second kappa shape index (κ2) is 15.9. The number of aliphatic hydroxyl groups is 2. The van der Waals surface area contributed by atoms with Crippen molar-refractivity contribution >= 4 is 11.6 Å². The van der Waals surface area contributed by atoms with Crippen molar-refractivity contribution in [2.75, 3.05) is 0 Å². The number of carbonyl (C=O) groups excluding carboxylic acids is 2. The molecule has 0 spiro atoms. The van der Waals surface area contributed by atoms with Crippen LogP contribution in [0.25, 0.3) is 0 Å². The Labute approximate surface area is 265 Å². The number of aliphatic hydroxyl groups excluding tert-OH is 2. The number of hydrogen-bond acceptors (Lipinski definition) is 4. The Kier molecular flexibility index (Phi) is 13.2. The van der Waals surface area contributed by atoms with Crippen LogP contribution in [0.4, 0.5) is 0 Å². The highest BCUT2D eigenvalue weighted by atomic mass is 16.3. The molecule has 0 aromatic heterocycles. The van der Waals surface area contributed by atoms with E-state index in [0.29, 0.717) is 24.0 Å². The molecule has 4 nitrogen and oxygen atoms in total. The number of ketones is 2. The second-order valence-electron chi connectivity index (χ2n) is 13.4. The van der Waals surface area contributed by atoms with Gasteiger partial charge in [-0.15, -0.1) is 0 Å². The standard InChI is InChI=1S/C40H52O4/c1-27(17-13-19-29(3)21-23-33-31(5)37(43)35(41)25-39(33,7)8)15-11-12-16-28(2)18-14-20-30(4)22-24-34-32(6)38(44)36(42)26-40(34,9)10/h11-24,35-36,41-42H,25-26H2,1-10H3/b12-11+,17-13+,18-14+,23-21-,24-22+,27-15-,28-16+,29-19+,30-20+/t35-,36-/m0/s1. The van der Waals surface area contributed by atoms with Gasteiger partial charge in [-0.25, -0.2) is 0 Å². The molecule has 4 heteroatoms. The van der Waals surface area contributed by atoms with Crippen LogP contribution in [0.3, 0.4) is 0 Å². The molecule has 0 aliphatic heterocycles. The van der Waals surface area contributed by atoms with E-state index in [0.717, 1.165) is 33.4 Å². The summed E-state index contributed by atoms with van der Waals surface area (Å²) in [5.74, 6) is -0.350. The highest BCUT2D eigenvalue weighted by Crippen LogP contribution is 2.40. The van der Waals surface area contributed by atoms with Gasteiger partial charge in [0.15, 0.2) is 11.6 Å². The molecule has 0 aromatic carbocycles. The Hall–Kier alpha value is -3.60. The molecule has 236 valence electrons. The Morgan fingerprint density at radius 3 is 1.20 bits per heavy atom. The van der Waals surface area contributed by atoms with Crippen LogP contribution in [0, 0.1) is 10.8 Å². The lowest BCUT2D eigenvalue weighted by atomic mass is 9.71. The van der Waals surface area contributed by atoms with Crippen LogP contribution in [-0.2, 0) is 9.59 Å². The van der Waals surface area contributed by atoms with E-state index in [1.807, 2.05) is 74.6 Å². The quantitative estimate of drug-likeness (QED) is 0.247. The predicted molar refractivity (Wildman–Crippen MR) is 185 cm³/mol. The summed E-state index contributed by atoms with van der Waals surface area (Å²) < 4.78 is 0. The van der Waals surface area contributed by atoms with Crippen molar-refractivity contribution in [3.05, 3.63) is 130 Å². The van der Waals surface area contributed by atoms with Gasteiger partial charge in [0.2, 0.25) is 0 Å². The van der Waals surface area contributed by atoms with E-state index < -0.39 is 12.2 Å². The first-order chi connectivity index (χ1) is 20.5. The van der Waals surface area contributed by atoms with Crippen molar-refractivity contribution in [3.63, 3.8) is 0 Å². The molecule has 44 heavy (non-hydrogen) atoms. The highest BCUT2D eigenvalue weighted by Gasteiger charge is 2.37. The Morgan fingerprint density at radius 2 is 0.864 bits per heavy atom. The molecule has 0 unspecified atom stereocenters. The van der Waals surface area contributed by atoms with Crippen molar-refractivity contribution in [1.29, 1.82) is 0 Å². The average Bonchev–Trinajstić information content (AvgIpc) is 2.92. The summed E-state index contributed by atoms with van der Waals surface area (Å²) in [6, 6.07) is 0. The van der Waals surface area contributed by atoms with Gasteiger partial charge in [0.25, 0.3) is 0 Å². The minimum absolute atomic E-state index is 0.175. The normalized spacial score (nSPS) is 24.5. The second-order valence-corrected chi connectivity index (χ2v) is 13.4. The van der Waals surface area contributed by atoms with Gasteiger partial charge in [0.05, 0.1) is 0 Å². The molecule has 0 bridgehead atoms. The van der Waals surface area contributed by atoms with Crippen molar-refractivity contribution in [3.8, 4) is 0 Å². The molecule has 2 aliphatic carbocycles. The summed E-state index contributed by atoms with van der Waals surface area (Å²) in [6.45, 7) is 20.0. The fourth-order valence-corrected chi connectivity index (χ4v) is 5.62. The van der Waals surface area contributed by atoms with Gasteiger partial charge in [-0.2, -0.15) is 0 Å². The Morgan fingerprint density at radius 1 is 0.568 bits per heavy atom. The smallest absolute Gasteiger partial charge is 0.187 e. The van der Waals surface area contributed by atoms with E-state index in [2.05, 4.69) is 65.8 Å². The third-order valence-electron chi connectivity index (χ3n) is 8.31. The predicted octanol–water partition coefficient (Wildman–Crippen LogP) is 8.91. The molecule has 0 heterocycles. The van der Waals surface area contributed by atoms with E-state index in [-0.39, 0.29) is 22.4 Å². The maximum Gasteiger partial charge on any atom is 0.187 e. The van der Waals surface area contributed by atoms with E-state index in [9.17, 15) is 19.8 Å². The molecule has 2 aliphatic rings. The van der Waals surface area contributed by atoms with Crippen molar-refractivity contribution in [1.82, 2.24) is 0 Å². The molecule has 0 saturated carbocycles. The van der Waals surface area contributed by atoms with Gasteiger partial charge in [0, 0.05) is 0 Å². The summed E-state index contributed by atoms with van der Waals surface area (Å²) in [5, 5.41) is 20.0. The van der Waals surface area contributed by atoms with E-state index >= 15 is 0 Å². The van der Waals surface area contributed by atoms with Crippen LogP contribution in [0.15, 0.2) is 130 Å². The third kappa shape index (κ3) is 10.5. The number of allylic oxidation sites excluding steroid dienone is 20.